The fraction of sp³-hybridized carbons (Fsp3) is 0.593. The highest BCUT2D eigenvalue weighted by Crippen LogP contribution is 2.29. The van der Waals surface area contributed by atoms with Crippen LogP contribution in [-0.2, 0) is 6.42 Å². The summed E-state index contributed by atoms with van der Waals surface area (Å²) < 4.78 is 48.1. The quantitative estimate of drug-likeness (QED) is 0.239. The fourth-order valence-electron chi connectivity index (χ4n) is 3.74. The van der Waals surface area contributed by atoms with Crippen LogP contribution in [0.25, 0.3) is 11.3 Å². The lowest BCUT2D eigenvalue weighted by Crippen LogP contribution is -2.13. The van der Waals surface area contributed by atoms with E-state index in [-0.39, 0.29) is 17.9 Å². The third kappa shape index (κ3) is 8.84. The Morgan fingerprint density at radius 1 is 0.812 bits per heavy atom. The van der Waals surface area contributed by atoms with Crippen molar-refractivity contribution in [3.63, 3.8) is 0 Å². The average molecular weight is 450 g/mol. The summed E-state index contributed by atoms with van der Waals surface area (Å²) in [5.41, 5.74) is 1.55. The van der Waals surface area contributed by atoms with Crippen molar-refractivity contribution >= 4 is 0 Å². The molecular formula is C27H38F3NO. The molecular weight excluding hydrogens is 411 g/mol. The summed E-state index contributed by atoms with van der Waals surface area (Å²) in [6, 6.07) is 6.43. The number of aryl methyl sites for hydroxylation is 1. The van der Waals surface area contributed by atoms with E-state index in [1.54, 1.807) is 12.3 Å². The maximum atomic E-state index is 14.6. The number of pyridine rings is 1. The molecule has 0 N–H and O–H groups in total. The predicted molar refractivity (Wildman–Crippen MR) is 126 cm³/mol. The molecule has 1 heterocycles. The van der Waals surface area contributed by atoms with Gasteiger partial charge in [-0.3, -0.25) is 4.98 Å². The van der Waals surface area contributed by atoms with E-state index in [4.69, 9.17) is 4.74 Å². The number of halogens is 3. The molecule has 0 fully saturated rings. The van der Waals surface area contributed by atoms with Gasteiger partial charge in [0.15, 0.2) is 11.6 Å². The standard InChI is InChI=1S/C27H38F3NO/c1-3-5-7-8-9-10-12-13-21-15-17-24(31-19-21)23-16-18-25(27(30)26(23)29)32-20-22(28)14-11-6-4-2/h15-19,22H,3-14,20H2,1-2H3. The van der Waals surface area contributed by atoms with Gasteiger partial charge >= 0.3 is 0 Å². The SMILES string of the molecule is CCCCCCCCCc1ccc(-c2ccc(OCC(F)CCCCC)c(F)c2F)nc1. The number of hydrogen-bond donors (Lipinski definition) is 0. The molecule has 0 saturated heterocycles. The van der Waals surface area contributed by atoms with Crippen LogP contribution in [0.15, 0.2) is 30.5 Å². The second-order valence-corrected chi connectivity index (χ2v) is 8.57. The van der Waals surface area contributed by atoms with Crippen LogP contribution in [0.2, 0.25) is 0 Å². The van der Waals surface area contributed by atoms with Gasteiger partial charge in [-0.2, -0.15) is 4.39 Å². The molecule has 0 bridgehead atoms. The maximum absolute atomic E-state index is 14.6. The van der Waals surface area contributed by atoms with Crippen LogP contribution in [0.3, 0.4) is 0 Å². The highest BCUT2D eigenvalue weighted by Gasteiger charge is 2.18. The summed E-state index contributed by atoms with van der Waals surface area (Å²) in [4.78, 5) is 4.33. The smallest absolute Gasteiger partial charge is 0.201 e. The van der Waals surface area contributed by atoms with Crippen molar-refractivity contribution in [1.29, 1.82) is 0 Å². The van der Waals surface area contributed by atoms with E-state index in [9.17, 15) is 13.2 Å². The Hall–Kier alpha value is -2.04. The van der Waals surface area contributed by atoms with Crippen LogP contribution in [0.1, 0.15) is 90.0 Å². The van der Waals surface area contributed by atoms with E-state index in [1.807, 2.05) is 13.0 Å². The van der Waals surface area contributed by atoms with Gasteiger partial charge in [0.05, 0.1) is 5.69 Å². The van der Waals surface area contributed by atoms with E-state index in [0.717, 1.165) is 37.7 Å². The van der Waals surface area contributed by atoms with E-state index < -0.39 is 17.8 Å². The number of rotatable bonds is 16. The number of unbranched alkanes of at least 4 members (excludes halogenated alkanes) is 8. The molecule has 0 amide bonds. The van der Waals surface area contributed by atoms with E-state index in [2.05, 4.69) is 11.9 Å². The minimum absolute atomic E-state index is 0.0806. The van der Waals surface area contributed by atoms with E-state index >= 15 is 0 Å². The first kappa shape index (κ1) is 26.2. The summed E-state index contributed by atoms with van der Waals surface area (Å²) in [6.07, 6.45) is 13.3. The number of alkyl halides is 1. The predicted octanol–water partition coefficient (Wildman–Crippen LogP) is 8.62. The first-order valence-electron chi connectivity index (χ1n) is 12.3. The Morgan fingerprint density at radius 2 is 1.50 bits per heavy atom. The van der Waals surface area contributed by atoms with Gasteiger partial charge in [-0.05, 0) is 43.0 Å². The van der Waals surface area contributed by atoms with Gasteiger partial charge in [-0.25, -0.2) is 8.78 Å². The molecule has 1 aromatic heterocycles. The van der Waals surface area contributed by atoms with Crippen molar-refractivity contribution in [3.8, 4) is 17.0 Å². The van der Waals surface area contributed by atoms with Gasteiger partial charge in [0, 0.05) is 11.8 Å². The summed E-state index contributed by atoms with van der Waals surface area (Å²) in [5, 5.41) is 0. The Labute approximate surface area is 191 Å². The molecule has 1 unspecified atom stereocenters. The topological polar surface area (TPSA) is 22.1 Å². The van der Waals surface area contributed by atoms with Crippen LogP contribution < -0.4 is 4.74 Å². The van der Waals surface area contributed by atoms with Gasteiger partial charge in [0.25, 0.3) is 0 Å². The summed E-state index contributed by atoms with van der Waals surface area (Å²) in [6.45, 7) is 3.99. The van der Waals surface area contributed by atoms with Gasteiger partial charge < -0.3 is 4.74 Å². The molecule has 5 heteroatoms. The second-order valence-electron chi connectivity index (χ2n) is 8.57. The molecule has 0 aliphatic carbocycles. The lowest BCUT2D eigenvalue weighted by atomic mass is 10.0. The Bertz CT molecular complexity index is 779. The number of ether oxygens (including phenoxy) is 1. The molecule has 0 radical (unpaired) electrons. The molecule has 0 aliphatic rings. The Balaban J connectivity index is 1.87. The van der Waals surface area contributed by atoms with Crippen LogP contribution in [0.4, 0.5) is 13.2 Å². The van der Waals surface area contributed by atoms with Crippen molar-refractivity contribution in [2.45, 2.75) is 97.1 Å². The van der Waals surface area contributed by atoms with Crippen LogP contribution in [0, 0.1) is 11.6 Å². The third-order valence-corrected chi connectivity index (χ3v) is 5.76. The first-order valence-corrected chi connectivity index (χ1v) is 12.3. The largest absolute Gasteiger partial charge is 0.487 e. The molecule has 2 rings (SSSR count). The van der Waals surface area contributed by atoms with Crippen molar-refractivity contribution in [2.24, 2.45) is 0 Å². The minimum Gasteiger partial charge on any atom is -0.487 e. The lowest BCUT2D eigenvalue weighted by molar-refractivity contribution is 0.178. The molecule has 1 atom stereocenters. The van der Waals surface area contributed by atoms with Crippen molar-refractivity contribution in [2.75, 3.05) is 6.61 Å². The normalized spacial score (nSPS) is 12.2. The summed E-state index contributed by atoms with van der Waals surface area (Å²) in [7, 11) is 0. The highest BCUT2D eigenvalue weighted by atomic mass is 19.2. The third-order valence-electron chi connectivity index (χ3n) is 5.76. The average Bonchev–Trinajstić information content (AvgIpc) is 2.80. The second kappa shape index (κ2) is 14.9. The van der Waals surface area contributed by atoms with Gasteiger partial charge in [-0.1, -0.05) is 77.7 Å². The van der Waals surface area contributed by atoms with Crippen molar-refractivity contribution in [1.82, 2.24) is 4.98 Å². The maximum Gasteiger partial charge on any atom is 0.201 e. The zero-order valence-corrected chi connectivity index (χ0v) is 19.6. The Morgan fingerprint density at radius 3 is 2.19 bits per heavy atom. The minimum atomic E-state index is -1.19. The number of nitrogens with zero attached hydrogens (tertiary/aromatic N) is 1. The zero-order valence-electron chi connectivity index (χ0n) is 19.6. The molecule has 2 nitrogen and oxygen atoms in total. The van der Waals surface area contributed by atoms with E-state index in [1.165, 1.54) is 50.7 Å². The number of benzene rings is 1. The van der Waals surface area contributed by atoms with Crippen LogP contribution >= 0.6 is 0 Å². The van der Waals surface area contributed by atoms with Crippen molar-refractivity contribution in [3.05, 3.63) is 47.7 Å². The van der Waals surface area contributed by atoms with Crippen LogP contribution in [0.5, 0.6) is 5.75 Å². The molecule has 2 aromatic rings. The molecule has 0 spiro atoms. The molecule has 0 saturated carbocycles. The highest BCUT2D eigenvalue weighted by molar-refractivity contribution is 5.61. The fourth-order valence-corrected chi connectivity index (χ4v) is 3.74. The van der Waals surface area contributed by atoms with Crippen molar-refractivity contribution < 1.29 is 17.9 Å². The summed E-state index contributed by atoms with van der Waals surface area (Å²) >= 11 is 0. The lowest BCUT2D eigenvalue weighted by Gasteiger charge is -2.12. The Kier molecular flexibility index (Phi) is 12.2. The van der Waals surface area contributed by atoms with Gasteiger partial charge in [0.2, 0.25) is 5.82 Å². The summed E-state index contributed by atoms with van der Waals surface area (Å²) in [5.74, 6) is -2.38. The van der Waals surface area contributed by atoms with Crippen LogP contribution in [-0.4, -0.2) is 17.8 Å². The number of aromatic nitrogens is 1. The van der Waals surface area contributed by atoms with Gasteiger partial charge in [-0.15, -0.1) is 0 Å². The molecule has 32 heavy (non-hydrogen) atoms. The first-order chi connectivity index (χ1) is 15.6. The zero-order chi connectivity index (χ0) is 23.2. The monoisotopic (exact) mass is 449 g/mol. The van der Waals surface area contributed by atoms with E-state index in [0.29, 0.717) is 12.1 Å². The molecule has 1 aromatic carbocycles. The molecule has 0 aliphatic heterocycles. The number of hydrogen-bond acceptors (Lipinski definition) is 2. The molecule has 178 valence electrons. The van der Waals surface area contributed by atoms with Gasteiger partial charge in [0.1, 0.15) is 12.8 Å².